The molecule has 1 unspecified atom stereocenters. The highest BCUT2D eigenvalue weighted by molar-refractivity contribution is 7.88. The summed E-state index contributed by atoms with van der Waals surface area (Å²) in [4.78, 5) is 1.95. The lowest BCUT2D eigenvalue weighted by atomic mass is 10.0. The summed E-state index contributed by atoms with van der Waals surface area (Å²) in [6.07, 6.45) is 1.17. The molecule has 1 aliphatic heterocycles. The average molecular weight is 319 g/mol. The molecule has 0 saturated carbocycles. The number of rotatable bonds is 4. The van der Waals surface area contributed by atoms with Crippen molar-refractivity contribution in [2.75, 3.05) is 39.0 Å². The minimum atomic E-state index is -3.20. The summed E-state index contributed by atoms with van der Waals surface area (Å²) in [5, 5.41) is 0. The van der Waals surface area contributed by atoms with Crippen molar-refractivity contribution in [3.8, 4) is 0 Å². The monoisotopic (exact) mass is 319 g/mol. The number of hydrogen-bond donors (Lipinski definition) is 1. The van der Waals surface area contributed by atoms with Crippen molar-refractivity contribution in [1.82, 2.24) is 9.21 Å². The van der Waals surface area contributed by atoms with Gasteiger partial charge in [0.15, 0.2) is 0 Å². The summed E-state index contributed by atoms with van der Waals surface area (Å²) in [6, 6.07) is 3.03. The normalized spacial score (nSPS) is 19.6. The van der Waals surface area contributed by atoms with Gasteiger partial charge >= 0.3 is 0 Å². The topological polar surface area (TPSA) is 66.6 Å². The minimum absolute atomic E-state index is 0.210. The zero-order valence-electron chi connectivity index (χ0n) is 11.8. The van der Waals surface area contributed by atoms with Gasteiger partial charge in [-0.1, -0.05) is 0 Å². The van der Waals surface area contributed by atoms with Crippen molar-refractivity contribution < 1.29 is 17.2 Å². The van der Waals surface area contributed by atoms with Gasteiger partial charge in [-0.25, -0.2) is 17.2 Å². The quantitative estimate of drug-likeness (QED) is 0.880. The Bertz CT molecular complexity index is 581. The number of halogens is 2. The molecule has 1 atom stereocenters. The maximum absolute atomic E-state index is 13.3. The second kappa shape index (κ2) is 6.35. The largest absolute Gasteiger partial charge is 0.329 e. The molecule has 0 radical (unpaired) electrons. The van der Waals surface area contributed by atoms with Gasteiger partial charge in [-0.2, -0.15) is 4.31 Å². The molecule has 0 amide bonds. The third-order valence-electron chi connectivity index (χ3n) is 3.68. The first-order valence-electron chi connectivity index (χ1n) is 6.66. The van der Waals surface area contributed by atoms with E-state index in [1.54, 1.807) is 0 Å². The highest BCUT2D eigenvalue weighted by Gasteiger charge is 2.28. The molecule has 0 aliphatic carbocycles. The van der Waals surface area contributed by atoms with Crippen LogP contribution in [-0.2, 0) is 10.0 Å². The summed E-state index contributed by atoms with van der Waals surface area (Å²) in [6.45, 7) is 1.88. The molecule has 1 heterocycles. The third kappa shape index (κ3) is 3.97. The number of piperazine rings is 1. The van der Waals surface area contributed by atoms with Gasteiger partial charge in [-0.3, -0.25) is 4.90 Å². The van der Waals surface area contributed by atoms with E-state index in [9.17, 15) is 17.2 Å². The fourth-order valence-corrected chi connectivity index (χ4v) is 3.44. The number of nitrogens with two attached hydrogens (primary N) is 1. The first-order valence-corrected chi connectivity index (χ1v) is 8.51. The summed E-state index contributed by atoms with van der Waals surface area (Å²) in [5.41, 5.74) is 6.21. The van der Waals surface area contributed by atoms with Crippen LogP contribution in [0.3, 0.4) is 0 Å². The Morgan fingerprint density at radius 1 is 1.14 bits per heavy atom. The fraction of sp³-hybridized carbons (Fsp3) is 0.538. The molecule has 1 aromatic carbocycles. The second-order valence-electron chi connectivity index (χ2n) is 5.15. The Labute approximate surface area is 123 Å². The van der Waals surface area contributed by atoms with Crippen LogP contribution in [0.15, 0.2) is 18.2 Å². The van der Waals surface area contributed by atoms with Gasteiger partial charge < -0.3 is 5.73 Å². The molecule has 2 N–H and O–H groups in total. The number of hydrogen-bond acceptors (Lipinski definition) is 4. The van der Waals surface area contributed by atoms with E-state index in [0.717, 1.165) is 6.07 Å². The van der Waals surface area contributed by atoms with Gasteiger partial charge in [0.25, 0.3) is 0 Å². The van der Waals surface area contributed by atoms with Gasteiger partial charge in [0.05, 0.1) is 6.26 Å². The molecular weight excluding hydrogens is 300 g/mol. The third-order valence-corrected chi connectivity index (χ3v) is 4.98. The van der Waals surface area contributed by atoms with Crippen molar-refractivity contribution in [2.24, 2.45) is 5.73 Å². The van der Waals surface area contributed by atoms with Gasteiger partial charge in [0.1, 0.15) is 11.6 Å². The Morgan fingerprint density at radius 3 is 2.10 bits per heavy atom. The Kier molecular flexibility index (Phi) is 4.92. The second-order valence-corrected chi connectivity index (χ2v) is 7.13. The highest BCUT2D eigenvalue weighted by atomic mass is 32.2. The van der Waals surface area contributed by atoms with Crippen LogP contribution >= 0.6 is 0 Å². The lowest BCUT2D eigenvalue weighted by molar-refractivity contribution is 0.140. The molecule has 0 bridgehead atoms. The van der Waals surface area contributed by atoms with E-state index in [0.29, 0.717) is 31.7 Å². The molecule has 2 rings (SSSR count). The summed E-state index contributed by atoms with van der Waals surface area (Å²) >= 11 is 0. The molecule has 0 spiro atoms. The van der Waals surface area contributed by atoms with E-state index in [1.165, 1.54) is 22.7 Å². The van der Waals surface area contributed by atoms with Crippen molar-refractivity contribution in [2.45, 2.75) is 6.04 Å². The summed E-state index contributed by atoms with van der Waals surface area (Å²) < 4.78 is 51.0. The highest BCUT2D eigenvalue weighted by Crippen LogP contribution is 2.23. The molecular formula is C13H19F2N3O2S. The van der Waals surface area contributed by atoms with Crippen LogP contribution in [0.2, 0.25) is 0 Å². The molecule has 1 fully saturated rings. The molecule has 5 nitrogen and oxygen atoms in total. The van der Waals surface area contributed by atoms with Crippen molar-refractivity contribution in [3.05, 3.63) is 35.4 Å². The molecule has 0 aromatic heterocycles. The first kappa shape index (κ1) is 16.3. The molecule has 1 aliphatic rings. The van der Waals surface area contributed by atoms with Crippen molar-refractivity contribution in [1.29, 1.82) is 0 Å². The maximum Gasteiger partial charge on any atom is 0.211 e. The minimum Gasteiger partial charge on any atom is -0.329 e. The lowest BCUT2D eigenvalue weighted by Crippen LogP contribution is -2.50. The number of benzene rings is 1. The number of nitrogens with zero attached hydrogens (tertiary/aromatic N) is 2. The zero-order valence-corrected chi connectivity index (χ0v) is 12.6. The SMILES string of the molecule is CS(=O)(=O)N1CCN(C(CN)c2cc(F)cc(F)c2)CC1. The van der Waals surface area contributed by atoms with Crippen LogP contribution in [0.4, 0.5) is 8.78 Å². The van der Waals surface area contributed by atoms with Crippen LogP contribution in [-0.4, -0.2) is 56.6 Å². The van der Waals surface area contributed by atoms with Gasteiger partial charge in [0.2, 0.25) is 10.0 Å². The maximum atomic E-state index is 13.3. The zero-order chi connectivity index (χ0) is 15.6. The van der Waals surface area contributed by atoms with Gasteiger partial charge in [-0.15, -0.1) is 0 Å². The molecule has 118 valence electrons. The van der Waals surface area contributed by atoms with E-state index in [4.69, 9.17) is 5.73 Å². The van der Waals surface area contributed by atoms with Crippen molar-refractivity contribution in [3.63, 3.8) is 0 Å². The predicted octanol–water partition coefficient (Wildman–Crippen LogP) is 0.542. The molecule has 8 heteroatoms. The number of sulfonamides is 1. The van der Waals surface area contributed by atoms with E-state index in [-0.39, 0.29) is 12.6 Å². The van der Waals surface area contributed by atoms with Gasteiger partial charge in [0, 0.05) is 44.8 Å². The Balaban J connectivity index is 2.13. The van der Waals surface area contributed by atoms with Crippen LogP contribution in [0, 0.1) is 11.6 Å². The first-order chi connectivity index (χ1) is 9.81. The smallest absolute Gasteiger partial charge is 0.211 e. The summed E-state index contributed by atoms with van der Waals surface area (Å²) in [5.74, 6) is -1.28. The van der Waals surface area contributed by atoms with Crippen LogP contribution < -0.4 is 5.73 Å². The molecule has 1 aromatic rings. The van der Waals surface area contributed by atoms with Crippen molar-refractivity contribution >= 4 is 10.0 Å². The van der Waals surface area contributed by atoms with Crippen LogP contribution in [0.25, 0.3) is 0 Å². The van der Waals surface area contributed by atoms with E-state index in [1.807, 2.05) is 4.90 Å². The van der Waals surface area contributed by atoms with E-state index in [2.05, 4.69) is 0 Å². The Morgan fingerprint density at radius 2 is 1.67 bits per heavy atom. The fourth-order valence-electron chi connectivity index (χ4n) is 2.61. The predicted molar refractivity (Wildman–Crippen MR) is 76.1 cm³/mol. The van der Waals surface area contributed by atoms with E-state index < -0.39 is 21.7 Å². The lowest BCUT2D eigenvalue weighted by Gasteiger charge is -2.38. The standard InChI is InChI=1S/C13H19F2N3O2S/c1-21(19,20)18-4-2-17(3-5-18)13(9-16)10-6-11(14)8-12(15)7-10/h6-8,13H,2-5,9,16H2,1H3. The van der Waals surface area contributed by atoms with E-state index >= 15 is 0 Å². The van der Waals surface area contributed by atoms with Crippen LogP contribution in [0.1, 0.15) is 11.6 Å². The molecule has 21 heavy (non-hydrogen) atoms. The van der Waals surface area contributed by atoms with Crippen LogP contribution in [0.5, 0.6) is 0 Å². The summed E-state index contributed by atoms with van der Waals surface area (Å²) in [7, 11) is -3.20. The molecule has 1 saturated heterocycles. The Hall–Kier alpha value is -1.09. The average Bonchev–Trinajstić information content (AvgIpc) is 2.38. The van der Waals surface area contributed by atoms with Gasteiger partial charge in [-0.05, 0) is 17.7 Å².